The number of hydrogen-bond donors (Lipinski definition) is 1. The van der Waals surface area contributed by atoms with Crippen LogP contribution in [0.2, 0.25) is 0 Å². The van der Waals surface area contributed by atoms with E-state index in [1.807, 2.05) is 19.2 Å². The first-order valence-electron chi connectivity index (χ1n) is 7.59. The molecule has 1 saturated heterocycles. The molecule has 21 heavy (non-hydrogen) atoms. The van der Waals surface area contributed by atoms with Crippen molar-refractivity contribution in [2.75, 3.05) is 26.7 Å². The highest BCUT2D eigenvalue weighted by atomic mass is 32.2. The van der Waals surface area contributed by atoms with Crippen molar-refractivity contribution in [3.05, 3.63) is 29.8 Å². The van der Waals surface area contributed by atoms with Crippen LogP contribution in [0, 0.1) is 5.41 Å². The van der Waals surface area contributed by atoms with E-state index in [4.69, 9.17) is 0 Å². The fourth-order valence-electron chi connectivity index (χ4n) is 2.82. The van der Waals surface area contributed by atoms with Crippen LogP contribution in [0.3, 0.4) is 0 Å². The number of likely N-dealkylation sites (N-methyl/N-ethyl adjacent to an activating group) is 1. The van der Waals surface area contributed by atoms with Gasteiger partial charge in [0.05, 0.1) is 4.90 Å². The number of piperidine rings is 1. The van der Waals surface area contributed by atoms with E-state index >= 15 is 0 Å². The van der Waals surface area contributed by atoms with Gasteiger partial charge in [-0.2, -0.15) is 4.31 Å². The highest BCUT2D eigenvalue weighted by Crippen LogP contribution is 2.31. The van der Waals surface area contributed by atoms with Gasteiger partial charge in [-0.15, -0.1) is 0 Å². The number of nitrogens with one attached hydrogen (secondary N) is 1. The summed E-state index contributed by atoms with van der Waals surface area (Å²) in [5.74, 6) is 0. The summed E-state index contributed by atoms with van der Waals surface area (Å²) in [5.41, 5.74) is 1.22. The fraction of sp³-hybridized carbons (Fsp3) is 0.625. The van der Waals surface area contributed by atoms with Crippen LogP contribution in [0.5, 0.6) is 0 Å². The largest absolute Gasteiger partial charge is 0.319 e. The lowest BCUT2D eigenvalue weighted by atomic mass is 9.85. The molecule has 0 amide bonds. The molecule has 118 valence electrons. The Hall–Kier alpha value is -0.910. The Balaban J connectivity index is 2.15. The second-order valence-electron chi connectivity index (χ2n) is 6.60. The van der Waals surface area contributed by atoms with Gasteiger partial charge in [-0.1, -0.05) is 26.0 Å². The minimum absolute atomic E-state index is 0.0675. The van der Waals surface area contributed by atoms with E-state index in [2.05, 4.69) is 19.2 Å². The van der Waals surface area contributed by atoms with Gasteiger partial charge in [0, 0.05) is 13.1 Å². The maximum Gasteiger partial charge on any atom is 0.243 e. The Bertz CT molecular complexity index is 564. The number of sulfonamides is 1. The van der Waals surface area contributed by atoms with Crippen molar-refractivity contribution in [2.24, 2.45) is 5.41 Å². The maximum atomic E-state index is 12.7. The molecule has 0 aromatic heterocycles. The van der Waals surface area contributed by atoms with Gasteiger partial charge in [0.1, 0.15) is 0 Å². The molecule has 2 rings (SSSR count). The predicted molar refractivity (Wildman–Crippen MR) is 85.8 cm³/mol. The summed E-state index contributed by atoms with van der Waals surface area (Å²) in [6.07, 6.45) is 2.93. The van der Waals surface area contributed by atoms with Crippen LogP contribution in [-0.2, 0) is 16.4 Å². The smallest absolute Gasteiger partial charge is 0.243 e. The van der Waals surface area contributed by atoms with Gasteiger partial charge >= 0.3 is 0 Å². The molecule has 0 spiro atoms. The highest BCUT2D eigenvalue weighted by Gasteiger charge is 2.33. The van der Waals surface area contributed by atoms with Crippen LogP contribution >= 0.6 is 0 Å². The molecule has 1 fully saturated rings. The van der Waals surface area contributed by atoms with E-state index in [9.17, 15) is 8.42 Å². The first kappa shape index (κ1) is 16.5. The lowest BCUT2D eigenvalue weighted by Crippen LogP contribution is -2.43. The molecule has 0 atom stereocenters. The molecule has 0 bridgehead atoms. The number of nitrogens with zero attached hydrogens (tertiary/aromatic N) is 1. The summed E-state index contributed by atoms with van der Waals surface area (Å²) in [5, 5.41) is 3.10. The summed E-state index contributed by atoms with van der Waals surface area (Å²) >= 11 is 0. The minimum Gasteiger partial charge on any atom is -0.319 e. The summed E-state index contributed by atoms with van der Waals surface area (Å²) in [6, 6.07) is 7.31. The highest BCUT2D eigenvalue weighted by molar-refractivity contribution is 7.89. The third kappa shape index (κ3) is 4.05. The van der Waals surface area contributed by atoms with Crippen molar-refractivity contribution in [3.8, 4) is 0 Å². The second kappa shape index (κ2) is 6.46. The lowest BCUT2D eigenvalue weighted by Gasteiger charge is -2.37. The van der Waals surface area contributed by atoms with Crippen LogP contribution in [0.4, 0.5) is 0 Å². The molecule has 1 aliphatic heterocycles. The van der Waals surface area contributed by atoms with Crippen LogP contribution in [0.25, 0.3) is 0 Å². The van der Waals surface area contributed by atoms with Crippen LogP contribution in [-0.4, -0.2) is 39.4 Å². The van der Waals surface area contributed by atoms with Gasteiger partial charge < -0.3 is 5.32 Å². The molecule has 1 N–H and O–H groups in total. The standard InChI is InChI=1S/C16H26N2O2S/c1-16(2)10-4-12-18(13-16)21(19,20)15-7-5-14(6-8-15)9-11-17-3/h5-8,17H,4,9-13H2,1-3H3. The quantitative estimate of drug-likeness (QED) is 0.907. The van der Waals surface area contributed by atoms with E-state index in [-0.39, 0.29) is 5.41 Å². The summed E-state index contributed by atoms with van der Waals surface area (Å²) in [4.78, 5) is 0.411. The molecule has 1 aliphatic rings. The SMILES string of the molecule is CNCCc1ccc(S(=O)(=O)N2CCCC(C)(C)C2)cc1. The van der Waals surface area contributed by atoms with E-state index in [0.29, 0.717) is 18.0 Å². The van der Waals surface area contributed by atoms with Crippen molar-refractivity contribution in [2.45, 2.75) is 38.0 Å². The first-order chi connectivity index (χ1) is 9.85. The molecular formula is C16H26N2O2S. The van der Waals surface area contributed by atoms with Crippen molar-refractivity contribution >= 4 is 10.0 Å². The van der Waals surface area contributed by atoms with Gasteiger partial charge in [0.25, 0.3) is 0 Å². The zero-order valence-corrected chi connectivity index (χ0v) is 14.0. The maximum absolute atomic E-state index is 12.7. The van der Waals surface area contributed by atoms with Crippen molar-refractivity contribution in [1.29, 1.82) is 0 Å². The number of rotatable bonds is 5. The van der Waals surface area contributed by atoms with Gasteiger partial charge in [-0.05, 0) is 56.0 Å². The van der Waals surface area contributed by atoms with Gasteiger partial charge in [-0.3, -0.25) is 0 Å². The Morgan fingerprint density at radius 1 is 1.24 bits per heavy atom. The summed E-state index contributed by atoms with van der Waals surface area (Å²) in [7, 11) is -1.44. The average molecular weight is 310 g/mol. The average Bonchev–Trinajstić information content (AvgIpc) is 2.44. The number of benzene rings is 1. The third-order valence-corrected chi connectivity index (χ3v) is 5.95. The van der Waals surface area contributed by atoms with Crippen molar-refractivity contribution in [3.63, 3.8) is 0 Å². The van der Waals surface area contributed by atoms with E-state index in [0.717, 1.165) is 31.4 Å². The molecule has 5 heteroatoms. The summed E-state index contributed by atoms with van der Waals surface area (Å²) in [6.45, 7) is 6.40. The molecule has 0 radical (unpaired) electrons. The van der Waals surface area contributed by atoms with E-state index < -0.39 is 10.0 Å². The Labute approximate surface area is 128 Å². The molecular weight excluding hydrogens is 284 g/mol. The molecule has 1 aromatic carbocycles. The number of hydrogen-bond acceptors (Lipinski definition) is 3. The van der Waals surface area contributed by atoms with Crippen LogP contribution in [0.1, 0.15) is 32.3 Å². The molecule has 0 aliphatic carbocycles. The topological polar surface area (TPSA) is 49.4 Å². The molecule has 4 nitrogen and oxygen atoms in total. The van der Waals surface area contributed by atoms with Crippen LogP contribution < -0.4 is 5.32 Å². The molecule has 1 aromatic rings. The van der Waals surface area contributed by atoms with Gasteiger partial charge in [-0.25, -0.2) is 8.42 Å². The second-order valence-corrected chi connectivity index (χ2v) is 8.54. The van der Waals surface area contributed by atoms with Gasteiger partial charge in [0.15, 0.2) is 0 Å². The monoisotopic (exact) mass is 310 g/mol. The van der Waals surface area contributed by atoms with E-state index in [1.165, 1.54) is 0 Å². The Morgan fingerprint density at radius 3 is 2.48 bits per heavy atom. The molecule has 1 heterocycles. The lowest BCUT2D eigenvalue weighted by molar-refractivity contribution is 0.187. The zero-order valence-electron chi connectivity index (χ0n) is 13.2. The van der Waals surface area contributed by atoms with Crippen LogP contribution in [0.15, 0.2) is 29.2 Å². The van der Waals surface area contributed by atoms with Crippen molar-refractivity contribution < 1.29 is 8.42 Å². The van der Waals surface area contributed by atoms with Crippen molar-refractivity contribution in [1.82, 2.24) is 9.62 Å². The van der Waals surface area contributed by atoms with E-state index in [1.54, 1.807) is 16.4 Å². The third-order valence-electron chi connectivity index (χ3n) is 4.09. The Kier molecular flexibility index (Phi) is 5.07. The fourth-order valence-corrected chi connectivity index (χ4v) is 4.49. The minimum atomic E-state index is -3.35. The first-order valence-corrected chi connectivity index (χ1v) is 9.03. The zero-order chi connectivity index (χ0) is 15.5. The summed E-state index contributed by atoms with van der Waals surface area (Å²) < 4.78 is 27.1. The van der Waals surface area contributed by atoms with Gasteiger partial charge in [0.2, 0.25) is 10.0 Å². The normalized spacial score (nSPS) is 19.6. The molecule has 0 unspecified atom stereocenters. The Morgan fingerprint density at radius 2 is 1.90 bits per heavy atom. The molecule has 0 saturated carbocycles. The predicted octanol–water partition coefficient (Wildman–Crippen LogP) is 2.26.